The Kier molecular flexibility index (Phi) is 7.67. The molecule has 27 heavy (non-hydrogen) atoms. The predicted molar refractivity (Wildman–Crippen MR) is 110 cm³/mol. The van der Waals surface area contributed by atoms with Crippen molar-refractivity contribution in [2.24, 2.45) is 4.99 Å². The number of aryl methyl sites for hydroxylation is 1. The van der Waals surface area contributed by atoms with Gasteiger partial charge in [0, 0.05) is 25.8 Å². The van der Waals surface area contributed by atoms with Crippen LogP contribution in [0.15, 0.2) is 53.5 Å². The lowest BCUT2D eigenvalue weighted by Gasteiger charge is -2.17. The lowest BCUT2D eigenvalue weighted by molar-refractivity contribution is 0.187. The van der Waals surface area contributed by atoms with Gasteiger partial charge in [-0.05, 0) is 36.1 Å². The van der Waals surface area contributed by atoms with Crippen molar-refractivity contribution in [2.45, 2.75) is 26.3 Å². The van der Waals surface area contributed by atoms with Crippen molar-refractivity contribution in [3.8, 4) is 0 Å². The Morgan fingerprint density at radius 2 is 1.74 bits per heavy atom. The summed E-state index contributed by atoms with van der Waals surface area (Å²) >= 11 is 0. The van der Waals surface area contributed by atoms with Crippen LogP contribution in [-0.4, -0.2) is 32.8 Å². The van der Waals surface area contributed by atoms with Crippen LogP contribution >= 0.6 is 0 Å². The third kappa shape index (κ3) is 6.66. The molecular formula is C21H28N4O2. The van der Waals surface area contributed by atoms with Crippen molar-refractivity contribution in [3.05, 3.63) is 65.2 Å². The van der Waals surface area contributed by atoms with E-state index >= 15 is 0 Å². The highest BCUT2D eigenvalue weighted by molar-refractivity contribution is 5.84. The summed E-state index contributed by atoms with van der Waals surface area (Å²) in [6.07, 6.45) is -0.479. The van der Waals surface area contributed by atoms with E-state index in [9.17, 15) is 4.79 Å². The minimum absolute atomic E-state index is 0.382. The third-order valence-electron chi connectivity index (χ3n) is 4.29. The second-order valence-corrected chi connectivity index (χ2v) is 6.43. The van der Waals surface area contributed by atoms with Gasteiger partial charge in [-0.15, -0.1) is 0 Å². The Bertz CT molecular complexity index is 755. The van der Waals surface area contributed by atoms with Crippen molar-refractivity contribution >= 4 is 17.7 Å². The molecule has 0 saturated carbocycles. The number of carbonyl (C=O) groups excluding carboxylic acids is 1. The zero-order chi connectivity index (χ0) is 19.6. The van der Waals surface area contributed by atoms with Crippen LogP contribution < -0.4 is 16.0 Å². The van der Waals surface area contributed by atoms with Crippen LogP contribution in [0.25, 0.3) is 0 Å². The molecule has 3 N–H and O–H groups in total. The summed E-state index contributed by atoms with van der Waals surface area (Å²) in [6.45, 7) is 5.72. The normalized spacial score (nSPS) is 12.2. The van der Waals surface area contributed by atoms with Crippen molar-refractivity contribution in [1.82, 2.24) is 10.6 Å². The molecule has 2 rings (SSSR count). The number of ether oxygens (including phenoxy) is 1. The number of nitrogens with zero attached hydrogens (tertiary/aromatic N) is 1. The zero-order valence-electron chi connectivity index (χ0n) is 16.4. The molecule has 0 radical (unpaired) electrons. The first-order chi connectivity index (χ1) is 13.0. The summed E-state index contributed by atoms with van der Waals surface area (Å²) in [5.74, 6) is 1.14. The minimum atomic E-state index is -0.479. The van der Waals surface area contributed by atoms with E-state index < -0.39 is 6.09 Å². The molecule has 0 saturated heterocycles. The molecule has 0 aliphatic rings. The highest BCUT2D eigenvalue weighted by atomic mass is 16.5. The lowest BCUT2D eigenvalue weighted by Crippen LogP contribution is -2.38. The number of amides is 1. The maximum Gasteiger partial charge on any atom is 0.411 e. The lowest BCUT2D eigenvalue weighted by atomic mass is 10.0. The first-order valence-corrected chi connectivity index (χ1v) is 8.96. The van der Waals surface area contributed by atoms with E-state index in [2.05, 4.69) is 63.8 Å². The van der Waals surface area contributed by atoms with E-state index in [1.54, 1.807) is 7.05 Å². The topological polar surface area (TPSA) is 74.8 Å². The molecule has 6 heteroatoms. The molecule has 2 aromatic rings. The molecular weight excluding hydrogens is 340 g/mol. The van der Waals surface area contributed by atoms with Gasteiger partial charge in [0.1, 0.15) is 0 Å². The molecule has 2 aromatic carbocycles. The summed E-state index contributed by atoms with van der Waals surface area (Å²) in [6, 6.07) is 16.2. The van der Waals surface area contributed by atoms with E-state index in [-0.39, 0.29) is 0 Å². The van der Waals surface area contributed by atoms with Gasteiger partial charge in [-0.2, -0.15) is 0 Å². The van der Waals surface area contributed by atoms with Gasteiger partial charge in [0.25, 0.3) is 0 Å². The Labute approximate surface area is 161 Å². The van der Waals surface area contributed by atoms with Gasteiger partial charge in [-0.3, -0.25) is 10.3 Å². The van der Waals surface area contributed by atoms with Crippen LogP contribution in [0, 0.1) is 6.92 Å². The van der Waals surface area contributed by atoms with Gasteiger partial charge in [-0.25, -0.2) is 4.79 Å². The molecule has 0 spiro atoms. The third-order valence-corrected chi connectivity index (χ3v) is 4.29. The van der Waals surface area contributed by atoms with Crippen molar-refractivity contribution < 1.29 is 9.53 Å². The summed E-state index contributed by atoms with van der Waals surface area (Å²) in [4.78, 5) is 15.5. The molecule has 0 aliphatic carbocycles. The smallest absolute Gasteiger partial charge is 0.411 e. The molecule has 144 valence electrons. The van der Waals surface area contributed by atoms with Gasteiger partial charge in [0.15, 0.2) is 5.96 Å². The summed E-state index contributed by atoms with van der Waals surface area (Å²) in [5.41, 5.74) is 4.35. The number of methoxy groups -OCH3 is 1. The second kappa shape index (κ2) is 10.2. The molecule has 0 heterocycles. The SMILES string of the molecule is CN=C(NCc1ccc(NC(=O)OC)cc1)NCC(C)c1ccc(C)cc1. The fraction of sp³-hybridized carbons (Fsp3) is 0.333. The molecule has 0 aliphatic heterocycles. The Morgan fingerprint density at radius 1 is 1.07 bits per heavy atom. The Morgan fingerprint density at radius 3 is 2.33 bits per heavy atom. The largest absolute Gasteiger partial charge is 0.453 e. The fourth-order valence-electron chi connectivity index (χ4n) is 2.54. The van der Waals surface area contributed by atoms with Crippen molar-refractivity contribution in [1.29, 1.82) is 0 Å². The number of rotatable bonds is 6. The first-order valence-electron chi connectivity index (χ1n) is 8.96. The molecule has 0 aromatic heterocycles. The van der Waals surface area contributed by atoms with Gasteiger partial charge in [-0.1, -0.05) is 48.9 Å². The standard InChI is InChI=1S/C21H28N4O2/c1-15-5-9-18(10-6-15)16(2)13-23-20(22-3)24-14-17-7-11-19(12-8-17)25-21(26)27-4/h5-12,16H,13-14H2,1-4H3,(H,25,26)(H2,22,23,24). The summed E-state index contributed by atoms with van der Waals surface area (Å²) in [5, 5.41) is 9.29. The number of guanidine groups is 1. The molecule has 0 fully saturated rings. The van der Waals surface area contributed by atoms with Gasteiger partial charge in [0.2, 0.25) is 0 Å². The molecule has 6 nitrogen and oxygen atoms in total. The Hall–Kier alpha value is -3.02. The van der Waals surface area contributed by atoms with Crippen molar-refractivity contribution in [2.75, 3.05) is 26.0 Å². The van der Waals surface area contributed by atoms with E-state index in [0.717, 1.165) is 18.1 Å². The Balaban J connectivity index is 1.81. The van der Waals surface area contributed by atoms with Crippen LogP contribution in [0.4, 0.5) is 10.5 Å². The fourth-order valence-corrected chi connectivity index (χ4v) is 2.54. The molecule has 1 amide bonds. The predicted octanol–water partition coefficient (Wildman–Crippen LogP) is 3.64. The average molecular weight is 368 g/mol. The van der Waals surface area contributed by atoms with E-state index in [4.69, 9.17) is 0 Å². The maximum atomic E-state index is 11.2. The van der Waals surface area contributed by atoms with Crippen LogP contribution in [0.5, 0.6) is 0 Å². The monoisotopic (exact) mass is 368 g/mol. The zero-order valence-corrected chi connectivity index (χ0v) is 16.4. The summed E-state index contributed by atoms with van der Waals surface area (Å²) in [7, 11) is 3.10. The summed E-state index contributed by atoms with van der Waals surface area (Å²) < 4.78 is 4.58. The molecule has 1 atom stereocenters. The number of hydrogen-bond donors (Lipinski definition) is 3. The number of carbonyl (C=O) groups is 1. The quantitative estimate of drug-likeness (QED) is 0.537. The van der Waals surface area contributed by atoms with Crippen LogP contribution in [-0.2, 0) is 11.3 Å². The number of benzene rings is 2. The maximum absolute atomic E-state index is 11.2. The van der Waals surface area contributed by atoms with Gasteiger partial charge in [0.05, 0.1) is 7.11 Å². The average Bonchev–Trinajstić information content (AvgIpc) is 2.69. The molecule has 1 unspecified atom stereocenters. The molecule has 0 bridgehead atoms. The first kappa shape index (κ1) is 20.3. The highest BCUT2D eigenvalue weighted by Gasteiger charge is 2.07. The number of nitrogens with one attached hydrogen (secondary N) is 3. The van der Waals surface area contributed by atoms with Gasteiger partial charge < -0.3 is 15.4 Å². The number of aliphatic imine (C=N–C) groups is 1. The van der Waals surface area contributed by atoms with E-state index in [0.29, 0.717) is 18.2 Å². The van der Waals surface area contributed by atoms with Crippen LogP contribution in [0.2, 0.25) is 0 Å². The minimum Gasteiger partial charge on any atom is -0.453 e. The van der Waals surface area contributed by atoms with Crippen molar-refractivity contribution in [3.63, 3.8) is 0 Å². The second-order valence-electron chi connectivity index (χ2n) is 6.43. The van der Waals surface area contributed by atoms with Gasteiger partial charge >= 0.3 is 6.09 Å². The number of hydrogen-bond acceptors (Lipinski definition) is 3. The van der Waals surface area contributed by atoms with Crippen LogP contribution in [0.3, 0.4) is 0 Å². The number of anilines is 1. The highest BCUT2D eigenvalue weighted by Crippen LogP contribution is 2.14. The van der Waals surface area contributed by atoms with E-state index in [1.807, 2.05) is 24.3 Å². The van der Waals surface area contributed by atoms with Crippen LogP contribution in [0.1, 0.15) is 29.5 Å². The van der Waals surface area contributed by atoms with E-state index in [1.165, 1.54) is 18.2 Å².